The molecular weight excluding hydrogens is 262 g/mol. The third-order valence-corrected chi connectivity index (χ3v) is 3.91. The molecule has 0 radical (unpaired) electrons. The Kier molecular flexibility index (Phi) is 7.87. The van der Waals surface area contributed by atoms with Crippen LogP contribution >= 0.6 is 15.9 Å². The molecule has 0 spiro atoms. The van der Waals surface area contributed by atoms with Crippen molar-refractivity contribution in [1.82, 2.24) is 4.72 Å². The Labute approximate surface area is 86.6 Å². The predicted molar refractivity (Wildman–Crippen MR) is 53.2 cm³/mol. The third-order valence-electron chi connectivity index (χ3n) is 1.17. The summed E-state index contributed by atoms with van der Waals surface area (Å²) in [7, 11) is -3.15. The number of sulfonamides is 1. The first-order valence-electron chi connectivity index (χ1n) is 3.84. The molecule has 0 fully saturated rings. The fraction of sp³-hybridized carbons (Fsp3) is 1.00. The van der Waals surface area contributed by atoms with Crippen LogP contribution in [0.15, 0.2) is 0 Å². The number of hydrogen-bond donors (Lipinski definition) is 2. The molecule has 0 aliphatic rings. The molecule has 0 aromatic carbocycles. The van der Waals surface area contributed by atoms with Crippen LogP contribution in [0.4, 0.5) is 0 Å². The number of aliphatic hydroxyl groups is 1. The number of rotatable bonds is 8. The van der Waals surface area contributed by atoms with Gasteiger partial charge in [-0.3, -0.25) is 0 Å². The summed E-state index contributed by atoms with van der Waals surface area (Å²) in [6.07, 6.45) is 0.603. The van der Waals surface area contributed by atoms with Crippen molar-refractivity contribution in [2.45, 2.75) is 6.42 Å². The highest BCUT2D eigenvalue weighted by molar-refractivity contribution is 9.10. The highest BCUT2D eigenvalue weighted by atomic mass is 79.9. The van der Waals surface area contributed by atoms with Crippen molar-refractivity contribution in [3.8, 4) is 0 Å². The predicted octanol–water partition coefficient (Wildman–Crippen LogP) is -0.343. The summed E-state index contributed by atoms with van der Waals surface area (Å²) in [5, 5.41) is 8.35. The van der Waals surface area contributed by atoms with Crippen molar-refractivity contribution in [3.63, 3.8) is 0 Å². The molecule has 0 saturated heterocycles. The lowest BCUT2D eigenvalue weighted by atomic mass is 10.5. The second kappa shape index (κ2) is 7.69. The van der Waals surface area contributed by atoms with Gasteiger partial charge in [0.25, 0.3) is 0 Å². The number of aliphatic hydroxyl groups excluding tert-OH is 1. The minimum absolute atomic E-state index is 0.00682. The van der Waals surface area contributed by atoms with Crippen LogP contribution < -0.4 is 4.72 Å². The van der Waals surface area contributed by atoms with Crippen LogP contribution in [0, 0.1) is 0 Å². The molecule has 0 amide bonds. The molecule has 0 unspecified atom stereocenters. The van der Waals surface area contributed by atoms with E-state index in [9.17, 15) is 8.42 Å². The first kappa shape index (κ1) is 13.3. The van der Waals surface area contributed by atoms with Gasteiger partial charge in [0.15, 0.2) is 0 Å². The SMILES string of the molecule is O=S(=O)(CBr)NCCCOCCO. The van der Waals surface area contributed by atoms with Gasteiger partial charge >= 0.3 is 0 Å². The average Bonchev–Trinajstić information content (AvgIpc) is 2.11. The monoisotopic (exact) mass is 275 g/mol. The topological polar surface area (TPSA) is 75.6 Å². The van der Waals surface area contributed by atoms with Gasteiger partial charge in [0, 0.05) is 13.2 Å². The van der Waals surface area contributed by atoms with Crippen LogP contribution in [-0.4, -0.2) is 44.6 Å². The standard InChI is InChI=1S/C6H14BrNO4S/c7-6-13(10,11)8-2-1-4-12-5-3-9/h8-9H,1-6H2. The van der Waals surface area contributed by atoms with Crippen LogP contribution in [0.2, 0.25) is 0 Å². The van der Waals surface area contributed by atoms with E-state index in [-0.39, 0.29) is 11.3 Å². The molecule has 13 heavy (non-hydrogen) atoms. The van der Waals surface area contributed by atoms with Crippen LogP contribution in [0.5, 0.6) is 0 Å². The summed E-state index contributed by atoms with van der Waals surface area (Å²) in [5.74, 6) is 0. The largest absolute Gasteiger partial charge is 0.394 e. The Bertz CT molecular complexity index is 207. The van der Waals surface area contributed by atoms with Crippen molar-refractivity contribution >= 4 is 26.0 Å². The molecule has 80 valence electrons. The molecule has 7 heteroatoms. The van der Waals surface area contributed by atoms with Crippen molar-refractivity contribution in [2.75, 3.05) is 31.0 Å². The van der Waals surface area contributed by atoms with Gasteiger partial charge in [0.1, 0.15) is 4.66 Å². The molecule has 0 aromatic heterocycles. The lowest BCUT2D eigenvalue weighted by molar-refractivity contribution is 0.0913. The van der Waals surface area contributed by atoms with E-state index in [0.717, 1.165) is 0 Å². The molecule has 0 rings (SSSR count). The van der Waals surface area contributed by atoms with Crippen molar-refractivity contribution in [2.24, 2.45) is 0 Å². The van der Waals surface area contributed by atoms with Crippen molar-refractivity contribution in [3.05, 3.63) is 0 Å². The summed E-state index contributed by atoms with van der Waals surface area (Å²) >= 11 is 2.85. The Balaban J connectivity index is 3.26. The normalized spacial score (nSPS) is 11.8. The summed E-state index contributed by atoms with van der Waals surface area (Å²) in [4.78, 5) is 0. The highest BCUT2D eigenvalue weighted by Crippen LogP contribution is 1.91. The summed E-state index contributed by atoms with van der Waals surface area (Å²) in [6, 6.07) is 0. The van der Waals surface area contributed by atoms with Gasteiger partial charge in [-0.1, -0.05) is 15.9 Å². The van der Waals surface area contributed by atoms with Crippen molar-refractivity contribution < 1.29 is 18.3 Å². The van der Waals surface area contributed by atoms with Gasteiger partial charge in [-0.05, 0) is 6.42 Å². The van der Waals surface area contributed by atoms with Gasteiger partial charge in [-0.2, -0.15) is 0 Å². The molecule has 0 atom stereocenters. The zero-order valence-corrected chi connectivity index (χ0v) is 9.60. The quantitative estimate of drug-likeness (QED) is 0.469. The minimum atomic E-state index is -3.15. The molecule has 0 aromatic rings. The van der Waals surface area contributed by atoms with Crippen molar-refractivity contribution in [1.29, 1.82) is 0 Å². The molecule has 5 nitrogen and oxygen atoms in total. The Hall–Kier alpha value is 0.310. The highest BCUT2D eigenvalue weighted by Gasteiger charge is 2.04. The Morgan fingerprint density at radius 1 is 1.38 bits per heavy atom. The molecular formula is C6H14BrNO4S. The second-order valence-corrected chi connectivity index (χ2v) is 5.42. The van der Waals surface area contributed by atoms with E-state index in [2.05, 4.69) is 20.7 Å². The zero-order valence-electron chi connectivity index (χ0n) is 7.20. The second-order valence-electron chi connectivity index (χ2n) is 2.31. The van der Waals surface area contributed by atoms with Crippen LogP contribution in [0.25, 0.3) is 0 Å². The molecule has 0 saturated carbocycles. The van der Waals surface area contributed by atoms with Gasteiger partial charge < -0.3 is 9.84 Å². The summed E-state index contributed by atoms with van der Waals surface area (Å²) < 4.78 is 28.9. The maximum Gasteiger partial charge on any atom is 0.221 e. The van der Waals surface area contributed by atoms with E-state index < -0.39 is 10.0 Å². The van der Waals surface area contributed by atoms with E-state index in [4.69, 9.17) is 9.84 Å². The zero-order chi connectivity index (χ0) is 10.2. The van der Waals surface area contributed by atoms with Gasteiger partial charge in [-0.15, -0.1) is 0 Å². The number of ether oxygens (including phenoxy) is 1. The average molecular weight is 276 g/mol. The molecule has 0 aliphatic carbocycles. The lowest BCUT2D eigenvalue weighted by Crippen LogP contribution is -2.26. The van der Waals surface area contributed by atoms with Gasteiger partial charge in [0.2, 0.25) is 10.0 Å². The first-order chi connectivity index (χ1) is 6.12. The van der Waals surface area contributed by atoms with E-state index in [1.807, 2.05) is 0 Å². The maximum atomic E-state index is 10.8. The third kappa shape index (κ3) is 8.63. The van der Waals surface area contributed by atoms with Crippen LogP contribution in [-0.2, 0) is 14.8 Å². The number of nitrogens with one attached hydrogen (secondary N) is 1. The van der Waals surface area contributed by atoms with E-state index in [1.165, 1.54) is 0 Å². The Morgan fingerprint density at radius 3 is 2.62 bits per heavy atom. The minimum Gasteiger partial charge on any atom is -0.394 e. The smallest absolute Gasteiger partial charge is 0.221 e. The number of hydrogen-bond acceptors (Lipinski definition) is 4. The summed E-state index contributed by atoms with van der Waals surface area (Å²) in [5.41, 5.74) is 0. The molecule has 0 aliphatic heterocycles. The molecule has 2 N–H and O–H groups in total. The van der Waals surface area contributed by atoms with E-state index in [1.54, 1.807) is 0 Å². The van der Waals surface area contributed by atoms with Gasteiger partial charge in [0.05, 0.1) is 13.2 Å². The molecule has 0 heterocycles. The fourth-order valence-corrected chi connectivity index (χ4v) is 1.63. The Morgan fingerprint density at radius 2 is 2.08 bits per heavy atom. The van der Waals surface area contributed by atoms with E-state index in [0.29, 0.717) is 26.2 Å². The van der Waals surface area contributed by atoms with Gasteiger partial charge in [-0.25, -0.2) is 13.1 Å². The first-order valence-corrected chi connectivity index (χ1v) is 6.61. The molecule has 0 bridgehead atoms. The van der Waals surface area contributed by atoms with Crippen LogP contribution in [0.1, 0.15) is 6.42 Å². The van der Waals surface area contributed by atoms with E-state index >= 15 is 0 Å². The number of halogens is 1. The van der Waals surface area contributed by atoms with Crippen LogP contribution in [0.3, 0.4) is 0 Å². The lowest BCUT2D eigenvalue weighted by Gasteiger charge is -2.03. The number of alkyl halides is 1. The maximum absolute atomic E-state index is 10.8. The fourth-order valence-electron chi connectivity index (χ4n) is 0.607. The summed E-state index contributed by atoms with van der Waals surface area (Å²) in [6.45, 7) is 1.10.